The Hall–Kier alpha value is -0.0900. The lowest BCUT2D eigenvalue weighted by atomic mass is 9.88. The van der Waals surface area contributed by atoms with Gasteiger partial charge < -0.3 is 4.74 Å². The molecule has 2 unspecified atom stereocenters. The maximum absolute atomic E-state index is 11.8. The van der Waals surface area contributed by atoms with E-state index in [0.29, 0.717) is 6.42 Å². The van der Waals surface area contributed by atoms with Crippen LogP contribution in [0.25, 0.3) is 0 Å². The molecule has 0 radical (unpaired) electrons. The van der Waals surface area contributed by atoms with E-state index in [1.165, 1.54) is 0 Å². The molecule has 0 aromatic carbocycles. The van der Waals surface area contributed by atoms with Gasteiger partial charge >= 0.3 is 0 Å². The van der Waals surface area contributed by atoms with Crippen LogP contribution in [0.15, 0.2) is 0 Å². The van der Waals surface area contributed by atoms with Crippen LogP contribution >= 0.6 is 0 Å². The molecule has 0 N–H and O–H groups in total. The van der Waals surface area contributed by atoms with Crippen LogP contribution in [0.2, 0.25) is 0 Å². The lowest BCUT2D eigenvalue weighted by Gasteiger charge is -2.33. The van der Waals surface area contributed by atoms with E-state index >= 15 is 0 Å². The molecule has 76 valence electrons. The summed E-state index contributed by atoms with van der Waals surface area (Å²) in [5.41, 5.74) is -0.622. The third-order valence-corrected chi connectivity index (χ3v) is 6.36. The SMILES string of the molecule is CC12CC(C)(C)S(=O)(=O)CC1(C)O2. The van der Waals surface area contributed by atoms with Gasteiger partial charge in [0.15, 0.2) is 9.84 Å². The van der Waals surface area contributed by atoms with Crippen molar-refractivity contribution in [1.29, 1.82) is 0 Å². The lowest BCUT2D eigenvalue weighted by Crippen LogP contribution is -2.48. The summed E-state index contributed by atoms with van der Waals surface area (Å²) in [5, 5.41) is 0. The molecule has 2 atom stereocenters. The number of ether oxygens (including phenoxy) is 1. The average Bonchev–Trinajstić information content (AvgIpc) is 2.26. The molecule has 0 amide bonds. The van der Waals surface area contributed by atoms with Gasteiger partial charge in [0.2, 0.25) is 0 Å². The third kappa shape index (κ3) is 1.02. The van der Waals surface area contributed by atoms with Gasteiger partial charge in [-0.2, -0.15) is 0 Å². The normalized spacial score (nSPS) is 51.1. The van der Waals surface area contributed by atoms with Crippen LogP contribution in [-0.2, 0) is 14.6 Å². The first kappa shape index (κ1) is 9.46. The van der Waals surface area contributed by atoms with Crippen molar-refractivity contribution in [2.24, 2.45) is 0 Å². The van der Waals surface area contributed by atoms with E-state index in [2.05, 4.69) is 0 Å². The van der Waals surface area contributed by atoms with Gasteiger partial charge in [-0.1, -0.05) is 0 Å². The molecule has 0 aliphatic carbocycles. The van der Waals surface area contributed by atoms with Crippen molar-refractivity contribution >= 4 is 9.84 Å². The average molecular weight is 204 g/mol. The van der Waals surface area contributed by atoms with Gasteiger partial charge in [-0.25, -0.2) is 8.42 Å². The zero-order chi connectivity index (χ0) is 10.1. The second-order valence-corrected chi connectivity index (χ2v) is 7.88. The second kappa shape index (κ2) is 1.96. The van der Waals surface area contributed by atoms with Crippen molar-refractivity contribution in [3.05, 3.63) is 0 Å². The van der Waals surface area contributed by atoms with Crippen molar-refractivity contribution in [2.75, 3.05) is 5.75 Å². The topological polar surface area (TPSA) is 46.7 Å². The summed E-state index contributed by atoms with van der Waals surface area (Å²) in [5.74, 6) is 0.170. The molecule has 0 aromatic heterocycles. The number of sulfone groups is 1. The molecule has 3 nitrogen and oxygen atoms in total. The lowest BCUT2D eigenvalue weighted by molar-refractivity contribution is 0.274. The third-order valence-electron chi connectivity index (χ3n) is 3.60. The summed E-state index contributed by atoms with van der Waals surface area (Å²) in [7, 11) is -2.99. The van der Waals surface area contributed by atoms with Gasteiger partial charge in [0.1, 0.15) is 5.60 Å². The molecule has 2 saturated heterocycles. The standard InChI is InChI=1S/C9H16O3S/c1-7(2)5-8(3)9(4,12-8)6-13(7,10)11/h5-6H2,1-4H3. The van der Waals surface area contributed by atoms with Gasteiger partial charge in [-0.15, -0.1) is 0 Å². The van der Waals surface area contributed by atoms with Crippen LogP contribution in [0.3, 0.4) is 0 Å². The van der Waals surface area contributed by atoms with Crippen LogP contribution in [0.5, 0.6) is 0 Å². The molecule has 2 aliphatic heterocycles. The van der Waals surface area contributed by atoms with Crippen LogP contribution in [-0.4, -0.2) is 30.1 Å². The molecule has 2 aliphatic rings. The van der Waals surface area contributed by atoms with Gasteiger partial charge in [0.25, 0.3) is 0 Å². The molecular weight excluding hydrogens is 188 g/mol. The Morgan fingerprint density at radius 2 is 1.62 bits per heavy atom. The van der Waals surface area contributed by atoms with E-state index in [1.54, 1.807) is 13.8 Å². The summed E-state index contributed by atoms with van der Waals surface area (Å²) in [6.45, 7) is 7.47. The van der Waals surface area contributed by atoms with E-state index in [4.69, 9.17) is 4.74 Å². The Morgan fingerprint density at radius 1 is 1.08 bits per heavy atom. The number of epoxide rings is 1. The van der Waals surface area contributed by atoms with Crippen molar-refractivity contribution in [3.63, 3.8) is 0 Å². The highest BCUT2D eigenvalue weighted by Gasteiger charge is 2.71. The van der Waals surface area contributed by atoms with Crippen LogP contribution in [0, 0.1) is 0 Å². The number of hydrogen-bond acceptors (Lipinski definition) is 3. The zero-order valence-electron chi connectivity index (χ0n) is 8.55. The first-order valence-electron chi connectivity index (χ1n) is 4.55. The maximum atomic E-state index is 11.8. The molecule has 0 spiro atoms. The minimum atomic E-state index is -2.99. The molecule has 13 heavy (non-hydrogen) atoms. The fourth-order valence-corrected chi connectivity index (χ4v) is 4.33. The number of fused-ring (bicyclic) bond motifs is 1. The molecule has 4 heteroatoms. The molecule has 2 fully saturated rings. The summed E-state index contributed by atoms with van der Waals surface area (Å²) < 4.78 is 28.5. The Labute approximate surface area is 79.4 Å². The summed E-state index contributed by atoms with van der Waals surface area (Å²) in [6, 6.07) is 0. The maximum Gasteiger partial charge on any atom is 0.158 e. The summed E-state index contributed by atoms with van der Waals surface area (Å²) in [4.78, 5) is 0. The Morgan fingerprint density at radius 3 is 2.08 bits per heavy atom. The fourth-order valence-electron chi connectivity index (χ4n) is 2.36. The molecule has 2 heterocycles. The van der Waals surface area contributed by atoms with E-state index in [0.717, 1.165) is 0 Å². The second-order valence-electron chi connectivity index (χ2n) is 5.26. The van der Waals surface area contributed by atoms with Crippen LogP contribution < -0.4 is 0 Å². The van der Waals surface area contributed by atoms with Gasteiger partial charge in [-0.3, -0.25) is 0 Å². The number of hydrogen-bond donors (Lipinski definition) is 0. The molecule has 0 aromatic rings. The zero-order valence-corrected chi connectivity index (χ0v) is 9.36. The van der Waals surface area contributed by atoms with Crippen LogP contribution in [0.4, 0.5) is 0 Å². The first-order valence-corrected chi connectivity index (χ1v) is 6.20. The highest BCUT2D eigenvalue weighted by atomic mass is 32.2. The summed E-state index contributed by atoms with van der Waals surface area (Å²) in [6.07, 6.45) is 0.610. The van der Waals surface area contributed by atoms with Crippen molar-refractivity contribution in [1.82, 2.24) is 0 Å². The van der Waals surface area contributed by atoms with E-state index in [1.807, 2.05) is 13.8 Å². The van der Waals surface area contributed by atoms with E-state index in [-0.39, 0.29) is 11.4 Å². The van der Waals surface area contributed by atoms with E-state index < -0.39 is 20.2 Å². The van der Waals surface area contributed by atoms with E-state index in [9.17, 15) is 8.42 Å². The minimum absolute atomic E-state index is 0.170. The Kier molecular flexibility index (Phi) is 1.43. The molecular formula is C9H16O3S. The highest BCUT2D eigenvalue weighted by molar-refractivity contribution is 7.92. The van der Waals surface area contributed by atoms with Gasteiger partial charge in [0.05, 0.1) is 16.1 Å². The first-order chi connectivity index (χ1) is 5.62. The predicted molar refractivity (Wildman–Crippen MR) is 50.4 cm³/mol. The smallest absolute Gasteiger partial charge is 0.158 e. The summed E-state index contributed by atoms with van der Waals surface area (Å²) >= 11 is 0. The number of rotatable bonds is 0. The molecule has 0 bridgehead atoms. The van der Waals surface area contributed by atoms with Gasteiger partial charge in [-0.05, 0) is 34.1 Å². The van der Waals surface area contributed by atoms with Gasteiger partial charge in [0, 0.05) is 0 Å². The predicted octanol–water partition coefficient (Wildman–Crippen LogP) is 1.13. The van der Waals surface area contributed by atoms with Crippen molar-refractivity contribution in [3.8, 4) is 0 Å². The van der Waals surface area contributed by atoms with Crippen molar-refractivity contribution < 1.29 is 13.2 Å². The van der Waals surface area contributed by atoms with Crippen LogP contribution in [0.1, 0.15) is 34.1 Å². The Bertz CT molecular complexity index is 357. The quantitative estimate of drug-likeness (QED) is 0.556. The largest absolute Gasteiger partial charge is 0.362 e. The molecule has 2 rings (SSSR count). The fraction of sp³-hybridized carbons (Fsp3) is 1.00. The Balaban J connectivity index is 2.42. The minimum Gasteiger partial charge on any atom is -0.362 e. The molecule has 0 saturated carbocycles. The monoisotopic (exact) mass is 204 g/mol. The van der Waals surface area contributed by atoms with Crippen molar-refractivity contribution in [2.45, 2.75) is 50.1 Å². The highest BCUT2D eigenvalue weighted by Crippen LogP contribution is 2.58.